The predicted molar refractivity (Wildman–Crippen MR) is 88.9 cm³/mol. The zero-order valence-corrected chi connectivity index (χ0v) is 14.1. The second-order valence-corrected chi connectivity index (χ2v) is 5.71. The van der Waals surface area contributed by atoms with Crippen LogP contribution >= 0.6 is 11.8 Å². The van der Waals surface area contributed by atoms with Crippen LogP contribution in [0.5, 0.6) is 5.75 Å². The van der Waals surface area contributed by atoms with Crippen LogP contribution in [0.3, 0.4) is 0 Å². The van der Waals surface area contributed by atoms with E-state index in [-0.39, 0.29) is 21.4 Å². The van der Waals surface area contributed by atoms with Gasteiger partial charge in [-0.2, -0.15) is 18.3 Å². The van der Waals surface area contributed by atoms with Gasteiger partial charge in [0.15, 0.2) is 11.8 Å². The molecule has 1 aliphatic heterocycles. The van der Waals surface area contributed by atoms with Gasteiger partial charge < -0.3 is 9.47 Å². The summed E-state index contributed by atoms with van der Waals surface area (Å²) in [5.74, 6) is -1.24. The molecule has 2 rings (SSSR count). The zero-order valence-electron chi connectivity index (χ0n) is 13.2. The third-order valence-corrected chi connectivity index (χ3v) is 3.66. The summed E-state index contributed by atoms with van der Waals surface area (Å²) in [5.41, 5.74) is 0.278. The van der Waals surface area contributed by atoms with E-state index in [4.69, 9.17) is 4.74 Å². The molecule has 0 atom stereocenters. The summed E-state index contributed by atoms with van der Waals surface area (Å²) in [6, 6.07) is 5.98. The Kier molecular flexibility index (Phi) is 6.39. The fourth-order valence-electron chi connectivity index (χ4n) is 1.66. The first kappa shape index (κ1) is 19.5. The van der Waals surface area contributed by atoms with Gasteiger partial charge in [-0.1, -0.05) is 12.1 Å². The van der Waals surface area contributed by atoms with E-state index in [1.807, 2.05) is 0 Å². The zero-order chi connectivity index (χ0) is 19.2. The Balaban J connectivity index is 2.07. The highest BCUT2D eigenvalue weighted by atomic mass is 32.2. The monoisotopic (exact) mass is 387 g/mol. The highest BCUT2D eigenvalue weighted by Gasteiger charge is 2.28. The Hall–Kier alpha value is -2.82. The number of carbonyl (C=O) groups excluding carboxylic acids is 2. The molecule has 1 fully saturated rings. The lowest BCUT2D eigenvalue weighted by Gasteiger charge is -2.10. The Morgan fingerprint density at radius 2 is 2.08 bits per heavy atom. The van der Waals surface area contributed by atoms with Gasteiger partial charge in [0.1, 0.15) is 5.75 Å². The average Bonchev–Trinajstić information content (AvgIpc) is 2.92. The minimum atomic E-state index is -4.46. The predicted octanol–water partition coefficient (Wildman–Crippen LogP) is 2.24. The first-order chi connectivity index (χ1) is 12.3. The lowest BCUT2D eigenvalue weighted by Crippen LogP contribution is -2.20. The van der Waals surface area contributed by atoms with Crippen molar-refractivity contribution in [1.82, 2.24) is 5.32 Å². The Morgan fingerprint density at radius 3 is 2.77 bits per heavy atom. The quantitative estimate of drug-likeness (QED) is 0.362. The van der Waals surface area contributed by atoms with Gasteiger partial charge in [0.2, 0.25) is 0 Å². The number of hydrogen-bond acceptors (Lipinski definition) is 7. The van der Waals surface area contributed by atoms with Crippen LogP contribution in [-0.2, 0) is 14.3 Å². The molecule has 11 heteroatoms. The molecule has 0 saturated carbocycles. The third kappa shape index (κ3) is 5.92. The van der Waals surface area contributed by atoms with Crippen LogP contribution in [-0.4, -0.2) is 43.2 Å². The standard InChI is InChI=1S/C15H12F3N3O4S/c1-24-12(22)6-11-13(23)20-14(26-11)21-19-7-9-4-2-3-5-10(9)25-8-15(16,17)18/h2-7H,8H2,1H3,(H,20,21,23)/b11-6+,19-7?. The molecule has 0 aliphatic carbocycles. The number of nitrogens with zero attached hydrogens (tertiary/aromatic N) is 2. The minimum Gasteiger partial charge on any atom is -0.483 e. The van der Waals surface area contributed by atoms with Crippen LogP contribution in [0.2, 0.25) is 0 Å². The van der Waals surface area contributed by atoms with E-state index < -0.39 is 24.7 Å². The smallest absolute Gasteiger partial charge is 0.422 e. The summed E-state index contributed by atoms with van der Waals surface area (Å²) in [6.07, 6.45) is -2.27. The molecule has 0 spiro atoms. The molecule has 1 N–H and O–H groups in total. The summed E-state index contributed by atoms with van der Waals surface area (Å²) in [5, 5.41) is 9.96. The summed E-state index contributed by atoms with van der Waals surface area (Å²) in [7, 11) is 1.18. The summed E-state index contributed by atoms with van der Waals surface area (Å²) in [6.45, 7) is -1.43. The number of ether oxygens (including phenoxy) is 2. The second kappa shape index (κ2) is 8.52. The molecule has 26 heavy (non-hydrogen) atoms. The maximum absolute atomic E-state index is 12.3. The van der Waals surface area contributed by atoms with Crippen LogP contribution in [0.1, 0.15) is 5.56 Å². The van der Waals surface area contributed by atoms with E-state index in [0.29, 0.717) is 0 Å². The molecule has 1 amide bonds. The van der Waals surface area contributed by atoms with Gasteiger partial charge in [0.25, 0.3) is 5.91 Å². The third-order valence-electron chi connectivity index (χ3n) is 2.76. The molecule has 1 aromatic carbocycles. The average molecular weight is 387 g/mol. The first-order valence-electron chi connectivity index (χ1n) is 6.97. The van der Waals surface area contributed by atoms with Gasteiger partial charge in [-0.25, -0.2) is 4.79 Å². The van der Waals surface area contributed by atoms with Crippen molar-refractivity contribution in [3.63, 3.8) is 0 Å². The summed E-state index contributed by atoms with van der Waals surface area (Å²) in [4.78, 5) is 22.9. The van der Waals surface area contributed by atoms with Gasteiger partial charge in [0.05, 0.1) is 18.2 Å². The van der Waals surface area contributed by atoms with E-state index in [1.165, 1.54) is 31.5 Å². The van der Waals surface area contributed by atoms with Gasteiger partial charge in [-0.15, -0.1) is 5.10 Å². The highest BCUT2D eigenvalue weighted by Crippen LogP contribution is 2.24. The maximum atomic E-state index is 12.3. The van der Waals surface area contributed by atoms with Crippen molar-refractivity contribution in [3.8, 4) is 5.75 Å². The number of nitrogens with one attached hydrogen (secondary N) is 1. The van der Waals surface area contributed by atoms with Gasteiger partial charge >= 0.3 is 12.1 Å². The lowest BCUT2D eigenvalue weighted by molar-refractivity contribution is -0.153. The van der Waals surface area contributed by atoms with Crippen LogP contribution in [0, 0.1) is 0 Å². The highest BCUT2D eigenvalue weighted by molar-refractivity contribution is 8.18. The van der Waals surface area contributed by atoms with Crippen LogP contribution < -0.4 is 10.1 Å². The summed E-state index contributed by atoms with van der Waals surface area (Å²) >= 11 is 0.871. The topological polar surface area (TPSA) is 89.3 Å². The van der Waals surface area contributed by atoms with E-state index in [9.17, 15) is 22.8 Å². The maximum Gasteiger partial charge on any atom is 0.422 e. The second-order valence-electron chi connectivity index (χ2n) is 4.68. The SMILES string of the molecule is COC(=O)/C=C1/S/C(=N\N=Cc2ccccc2OCC(F)(F)F)NC1=O. The molecule has 7 nitrogen and oxygen atoms in total. The van der Waals surface area contributed by atoms with Crippen molar-refractivity contribution in [2.45, 2.75) is 6.18 Å². The van der Waals surface area contributed by atoms with Crippen molar-refractivity contribution in [3.05, 3.63) is 40.8 Å². The normalized spacial score (nSPS) is 17.8. The molecule has 0 aromatic heterocycles. The number of rotatable bonds is 5. The molecule has 0 radical (unpaired) electrons. The van der Waals surface area contributed by atoms with Crippen molar-refractivity contribution in [1.29, 1.82) is 0 Å². The van der Waals surface area contributed by atoms with Gasteiger partial charge in [-0.05, 0) is 23.9 Å². The van der Waals surface area contributed by atoms with Crippen molar-refractivity contribution in [2.75, 3.05) is 13.7 Å². The van der Waals surface area contributed by atoms with E-state index >= 15 is 0 Å². The number of thioether (sulfide) groups is 1. The number of amidine groups is 1. The lowest BCUT2D eigenvalue weighted by atomic mass is 10.2. The van der Waals surface area contributed by atoms with Crippen molar-refractivity contribution < 1.29 is 32.2 Å². The number of benzene rings is 1. The number of halogens is 3. The van der Waals surface area contributed by atoms with E-state index in [2.05, 4.69) is 20.3 Å². The fraction of sp³-hybridized carbons (Fsp3) is 0.200. The van der Waals surface area contributed by atoms with Gasteiger partial charge in [0, 0.05) is 11.6 Å². The van der Waals surface area contributed by atoms with Crippen molar-refractivity contribution >= 4 is 35.0 Å². The molecule has 138 valence electrons. The molecule has 1 aliphatic rings. The molecule has 0 unspecified atom stereocenters. The molecule has 1 heterocycles. The largest absolute Gasteiger partial charge is 0.483 e. The van der Waals surface area contributed by atoms with Gasteiger partial charge in [-0.3, -0.25) is 10.1 Å². The molecule has 1 aromatic rings. The summed E-state index contributed by atoms with van der Waals surface area (Å²) < 4.78 is 45.9. The molecular formula is C15H12F3N3O4S. The fourth-order valence-corrected chi connectivity index (χ4v) is 2.40. The number of methoxy groups -OCH3 is 1. The number of carbonyl (C=O) groups is 2. The van der Waals surface area contributed by atoms with Crippen LogP contribution in [0.4, 0.5) is 13.2 Å². The van der Waals surface area contributed by atoms with Crippen LogP contribution in [0.15, 0.2) is 45.4 Å². The Labute approximate surface area is 150 Å². The number of amides is 1. The van der Waals surface area contributed by atoms with E-state index in [1.54, 1.807) is 6.07 Å². The van der Waals surface area contributed by atoms with Crippen LogP contribution in [0.25, 0.3) is 0 Å². The Bertz CT molecular complexity index is 791. The minimum absolute atomic E-state index is 0.0110. The van der Waals surface area contributed by atoms with Crippen molar-refractivity contribution in [2.24, 2.45) is 10.2 Å². The number of esters is 1. The number of para-hydroxylation sites is 1. The number of alkyl halides is 3. The molecule has 0 bridgehead atoms. The Morgan fingerprint density at radius 1 is 1.35 bits per heavy atom. The molecular weight excluding hydrogens is 375 g/mol. The first-order valence-corrected chi connectivity index (χ1v) is 7.78. The molecule has 1 saturated heterocycles. The number of hydrogen-bond donors (Lipinski definition) is 1. The van der Waals surface area contributed by atoms with E-state index in [0.717, 1.165) is 17.8 Å².